The van der Waals surface area contributed by atoms with Crippen LogP contribution in [0, 0.1) is 28.6 Å². The van der Waals surface area contributed by atoms with Gasteiger partial charge in [0.05, 0.1) is 0 Å². The van der Waals surface area contributed by atoms with Crippen molar-refractivity contribution in [1.29, 1.82) is 0 Å². The van der Waals surface area contributed by atoms with Crippen LogP contribution in [0.3, 0.4) is 0 Å². The molecule has 0 bridgehead atoms. The molecule has 0 rings (SSSR count). The summed E-state index contributed by atoms with van der Waals surface area (Å²) in [4.78, 5) is 0. The van der Waals surface area contributed by atoms with Crippen LogP contribution in [0.1, 0.15) is 0 Å². The van der Waals surface area contributed by atoms with E-state index in [-0.39, 0.29) is 45.0 Å². The Morgan fingerprint density at radius 3 is 0.400 bits per heavy atom. The first-order valence-electron chi connectivity index (χ1n) is 0. The molecule has 5 heavy (non-hydrogen) atoms. The zero-order chi connectivity index (χ0) is 0. The molecule has 0 saturated heterocycles. The zero-order valence-corrected chi connectivity index (χ0v) is 8.28. The second-order valence-electron chi connectivity index (χ2n) is 0. The third kappa shape index (κ3) is 75.8. The van der Waals surface area contributed by atoms with Crippen LogP contribution in [0.5, 0.6) is 0 Å². The Hall–Kier alpha value is 0.659. The third-order valence-electron chi connectivity index (χ3n) is 0. The van der Waals surface area contributed by atoms with Crippen molar-refractivity contribution in [3.63, 3.8) is 0 Å². The predicted molar refractivity (Wildman–Crippen MR) is 2.06 cm³/mol. The van der Waals surface area contributed by atoms with Crippen LogP contribution in [0.25, 0.3) is 0 Å². The molecule has 0 amide bonds. The second kappa shape index (κ2) is 144. The topological polar surface area (TPSA) is 85.5 Å². The molecule has 0 aromatic rings. The SMILES string of the molecule is [241Am].[241Am].[O-2].[O-2].[O-2]. The van der Waals surface area contributed by atoms with Crippen LogP contribution in [-0.4, -0.2) is 0 Å². The van der Waals surface area contributed by atoms with Crippen LogP contribution in [0.4, 0.5) is 0 Å². The molecular formula is Am2O3-6. The van der Waals surface area contributed by atoms with E-state index in [0.717, 1.165) is 0 Å². The van der Waals surface area contributed by atoms with E-state index in [4.69, 9.17) is 0 Å². The van der Waals surface area contributed by atoms with Crippen LogP contribution in [0.2, 0.25) is 0 Å². The van der Waals surface area contributed by atoms with Gasteiger partial charge in [0.25, 0.3) is 0 Å². The second-order valence-corrected chi connectivity index (χ2v) is 0. The summed E-state index contributed by atoms with van der Waals surface area (Å²) in [7, 11) is 0. The molecule has 0 spiro atoms. The molecule has 0 aliphatic rings. The van der Waals surface area contributed by atoms with Crippen molar-refractivity contribution in [2.45, 2.75) is 0 Å². The molecule has 0 atom stereocenters. The molecule has 38 valence electrons. The first-order chi connectivity index (χ1) is 0. The molecular weight excluding hydrogens is 530 g/mol. The van der Waals surface area contributed by atoms with Gasteiger partial charge in [-0.15, -0.1) is 0 Å². The maximum absolute atomic E-state index is 0. The van der Waals surface area contributed by atoms with Gasteiger partial charge in [0.2, 0.25) is 0 Å². The summed E-state index contributed by atoms with van der Waals surface area (Å²) in [6, 6.07) is 0. The van der Waals surface area contributed by atoms with Crippen molar-refractivity contribution in [3.8, 4) is 0 Å². The predicted octanol–water partition coefficient (Wildman–Crippen LogP) is -0.356. The van der Waals surface area contributed by atoms with Crippen molar-refractivity contribution in [1.82, 2.24) is 0 Å². The van der Waals surface area contributed by atoms with Crippen LogP contribution >= 0.6 is 0 Å². The normalized spacial score (nSPS) is 0. The maximum Gasteiger partial charge on any atom is 0 e. The first kappa shape index (κ1) is 283. The fraction of sp³-hybridized carbons (Fsp3) is 0. The summed E-state index contributed by atoms with van der Waals surface area (Å²) in [5.41, 5.74) is 0. The summed E-state index contributed by atoms with van der Waals surface area (Å²) in [6.45, 7) is 0. The summed E-state index contributed by atoms with van der Waals surface area (Å²) >= 11 is 0. The van der Waals surface area contributed by atoms with Crippen molar-refractivity contribution < 1.29 is 45.0 Å². The van der Waals surface area contributed by atoms with E-state index in [9.17, 15) is 0 Å². The Balaban J connectivity index is 0. The zero-order valence-electron chi connectivity index (χ0n) is 1.98. The standard InChI is InChI=1S/2Am.3O/q;;3*-2/i2*1-2;;;. The van der Waals surface area contributed by atoms with Gasteiger partial charge in [-0.2, -0.15) is 0 Å². The van der Waals surface area contributed by atoms with Crippen LogP contribution < -0.4 is 0 Å². The molecule has 0 aliphatic heterocycles. The van der Waals surface area contributed by atoms with Gasteiger partial charge in [0.1, 0.15) is 0 Å². The fourth-order valence-electron chi connectivity index (χ4n) is 0. The molecule has 0 fully saturated rings. The van der Waals surface area contributed by atoms with E-state index >= 15 is 0 Å². The Morgan fingerprint density at radius 1 is 0.400 bits per heavy atom. The number of hydrogen-bond donors (Lipinski definition) is 0. The molecule has 0 aromatic heterocycles. The van der Waals surface area contributed by atoms with Gasteiger partial charge in [-0.05, 0) is 0 Å². The minimum atomic E-state index is 0. The van der Waals surface area contributed by atoms with Crippen molar-refractivity contribution in [2.24, 2.45) is 0 Å². The molecule has 0 heterocycles. The fourth-order valence-corrected chi connectivity index (χ4v) is 0. The summed E-state index contributed by atoms with van der Waals surface area (Å²) in [5.74, 6) is 0. The molecule has 3 nitrogen and oxygen atoms in total. The Labute approximate surface area is 45.7 Å². The first-order valence-corrected chi connectivity index (χ1v) is 0. The largest absolute Gasteiger partial charge is 2.00 e. The van der Waals surface area contributed by atoms with E-state index in [1.54, 1.807) is 0 Å². The van der Waals surface area contributed by atoms with E-state index in [1.807, 2.05) is 0 Å². The smallest absolute Gasteiger partial charge is 0 e. The molecule has 0 N–H and O–H groups in total. The van der Waals surface area contributed by atoms with E-state index in [1.165, 1.54) is 0 Å². The average Bonchev–Trinajstić information content (AvgIpc) is 0. The molecule has 5 heteroatoms. The van der Waals surface area contributed by atoms with Crippen LogP contribution in [-0.2, 0) is 16.4 Å². The number of hydrogen-bond acceptors (Lipinski definition) is 0. The quantitative estimate of drug-likeness (QED) is 0.411. The van der Waals surface area contributed by atoms with Crippen molar-refractivity contribution >= 4 is 0 Å². The monoisotopic (exact) mass is 530 g/mol. The maximum atomic E-state index is 0. The minimum absolute atomic E-state index is 0. The van der Waals surface area contributed by atoms with Gasteiger partial charge in [-0.25, -0.2) is 0 Å². The van der Waals surface area contributed by atoms with E-state index in [0.29, 0.717) is 0 Å². The molecule has 0 aliphatic carbocycles. The Morgan fingerprint density at radius 2 is 0.400 bits per heavy atom. The van der Waals surface area contributed by atoms with Gasteiger partial charge in [0.15, 0.2) is 0 Å². The van der Waals surface area contributed by atoms with Crippen molar-refractivity contribution in [3.05, 3.63) is 0 Å². The van der Waals surface area contributed by atoms with E-state index in [2.05, 4.69) is 0 Å². The Kier molecular flexibility index (Phi) is 8120. The molecule has 2 radical (unpaired) electrons. The van der Waals surface area contributed by atoms with Crippen molar-refractivity contribution in [2.75, 3.05) is 0 Å². The number of rotatable bonds is 0. The molecule has 0 aromatic carbocycles. The van der Waals surface area contributed by atoms with E-state index < -0.39 is 0 Å². The summed E-state index contributed by atoms with van der Waals surface area (Å²) in [5, 5.41) is 0. The van der Waals surface area contributed by atoms with Gasteiger partial charge < -0.3 is 16.4 Å². The average molecular weight is 530 g/mol. The van der Waals surface area contributed by atoms with Gasteiger partial charge in [0, 0.05) is 28.6 Å². The van der Waals surface area contributed by atoms with Crippen LogP contribution in [0.15, 0.2) is 0 Å². The summed E-state index contributed by atoms with van der Waals surface area (Å²) in [6.07, 6.45) is 0. The minimum Gasteiger partial charge on any atom is -2.00 e. The van der Waals surface area contributed by atoms with Gasteiger partial charge >= 0.3 is 0 Å². The molecule has 0 saturated carbocycles. The van der Waals surface area contributed by atoms with Gasteiger partial charge in [-0.3, -0.25) is 0 Å². The Bertz CT molecular complexity index is 4.85. The molecule has 0 unspecified atom stereocenters. The van der Waals surface area contributed by atoms with Gasteiger partial charge in [-0.1, -0.05) is 0 Å². The third-order valence-corrected chi connectivity index (χ3v) is 0. The summed E-state index contributed by atoms with van der Waals surface area (Å²) < 4.78 is 0.